The van der Waals surface area contributed by atoms with E-state index in [1.165, 1.54) is 19.3 Å². The van der Waals surface area contributed by atoms with Gasteiger partial charge in [0, 0.05) is 21.5 Å². The first-order valence-electron chi connectivity index (χ1n) is 7.10. The number of rotatable bonds is 2. The smallest absolute Gasteiger partial charge is 0.223 e. The molecular weight excluding hydrogens is 307 g/mol. The van der Waals surface area contributed by atoms with Gasteiger partial charge in [-0.25, -0.2) is 4.98 Å². The maximum Gasteiger partial charge on any atom is 0.223 e. The molecule has 0 amide bonds. The lowest BCUT2D eigenvalue weighted by atomic mass is 9.89. The van der Waals surface area contributed by atoms with E-state index < -0.39 is 0 Å². The van der Waals surface area contributed by atoms with Crippen LogP contribution in [0.3, 0.4) is 0 Å². The van der Waals surface area contributed by atoms with E-state index in [1.54, 1.807) is 18.2 Å². The monoisotopic (exact) mass is 322 g/mol. The van der Waals surface area contributed by atoms with E-state index >= 15 is 0 Å². The maximum atomic E-state index is 6.04. The fourth-order valence-electron chi connectivity index (χ4n) is 2.76. The first-order chi connectivity index (χ1) is 10.1. The van der Waals surface area contributed by atoms with Crippen molar-refractivity contribution in [2.45, 2.75) is 38.0 Å². The topological polar surface area (TPSA) is 64.7 Å². The molecule has 1 aromatic heterocycles. The standard InChI is InChI=1S/C15H16Cl2N4/c16-11-6-10(7-12(17)8-11)14-19-13(20-15(18)21-14)9-4-2-1-3-5-9/h6-9H,1-5H2,(H2,18,19,20,21). The second kappa shape index (κ2) is 6.16. The van der Waals surface area contributed by atoms with Crippen LogP contribution < -0.4 is 5.73 Å². The van der Waals surface area contributed by atoms with Crippen molar-refractivity contribution >= 4 is 29.2 Å². The van der Waals surface area contributed by atoms with Crippen LogP contribution in [0.15, 0.2) is 18.2 Å². The molecule has 0 saturated heterocycles. The van der Waals surface area contributed by atoms with Gasteiger partial charge in [0.2, 0.25) is 5.95 Å². The van der Waals surface area contributed by atoms with Crippen molar-refractivity contribution in [3.05, 3.63) is 34.1 Å². The zero-order valence-corrected chi connectivity index (χ0v) is 13.0. The van der Waals surface area contributed by atoms with Crippen LogP contribution >= 0.6 is 23.2 Å². The molecule has 1 aliphatic rings. The SMILES string of the molecule is Nc1nc(-c2cc(Cl)cc(Cl)c2)nc(C2CCCCC2)n1. The van der Waals surface area contributed by atoms with E-state index in [0.717, 1.165) is 24.2 Å². The third-order valence-electron chi connectivity index (χ3n) is 3.76. The number of nitrogen functional groups attached to an aromatic ring is 1. The molecule has 4 nitrogen and oxygen atoms in total. The summed E-state index contributed by atoms with van der Waals surface area (Å²) < 4.78 is 0. The Balaban J connectivity index is 2.00. The molecule has 1 heterocycles. The predicted octanol–water partition coefficient (Wildman–Crippen LogP) is 4.48. The first kappa shape index (κ1) is 14.5. The molecule has 0 aliphatic heterocycles. The molecule has 1 fully saturated rings. The summed E-state index contributed by atoms with van der Waals surface area (Å²) in [6.45, 7) is 0. The number of nitrogens with zero attached hydrogens (tertiary/aromatic N) is 3. The molecule has 1 aliphatic carbocycles. The summed E-state index contributed by atoms with van der Waals surface area (Å²) in [5, 5.41) is 1.10. The second-order valence-electron chi connectivity index (χ2n) is 5.37. The molecule has 2 aromatic rings. The Morgan fingerprint density at radius 1 is 0.905 bits per heavy atom. The Hall–Kier alpha value is -1.39. The molecule has 0 bridgehead atoms. The minimum absolute atomic E-state index is 0.247. The van der Waals surface area contributed by atoms with Crippen molar-refractivity contribution in [3.63, 3.8) is 0 Å². The zero-order valence-electron chi connectivity index (χ0n) is 11.5. The Kier molecular flexibility index (Phi) is 4.27. The molecule has 0 radical (unpaired) electrons. The minimum atomic E-state index is 0.247. The number of hydrogen-bond acceptors (Lipinski definition) is 4. The van der Waals surface area contributed by atoms with Gasteiger partial charge < -0.3 is 5.73 Å². The highest BCUT2D eigenvalue weighted by Crippen LogP contribution is 2.32. The van der Waals surface area contributed by atoms with Gasteiger partial charge in [-0.15, -0.1) is 0 Å². The fourth-order valence-corrected chi connectivity index (χ4v) is 3.29. The minimum Gasteiger partial charge on any atom is -0.368 e. The number of benzene rings is 1. The van der Waals surface area contributed by atoms with Gasteiger partial charge in [-0.2, -0.15) is 9.97 Å². The largest absolute Gasteiger partial charge is 0.368 e. The molecule has 0 atom stereocenters. The Labute approximate surface area is 133 Å². The predicted molar refractivity (Wildman–Crippen MR) is 85.5 cm³/mol. The third kappa shape index (κ3) is 3.44. The van der Waals surface area contributed by atoms with Crippen molar-refractivity contribution in [2.75, 3.05) is 5.73 Å². The van der Waals surface area contributed by atoms with Gasteiger partial charge in [-0.3, -0.25) is 0 Å². The van der Waals surface area contributed by atoms with Gasteiger partial charge in [0.25, 0.3) is 0 Å². The van der Waals surface area contributed by atoms with Crippen molar-refractivity contribution in [3.8, 4) is 11.4 Å². The highest BCUT2D eigenvalue weighted by atomic mass is 35.5. The Morgan fingerprint density at radius 3 is 2.24 bits per heavy atom. The van der Waals surface area contributed by atoms with Gasteiger partial charge in [0.1, 0.15) is 5.82 Å². The van der Waals surface area contributed by atoms with Gasteiger partial charge in [0.05, 0.1) is 0 Å². The normalized spacial score (nSPS) is 16.1. The number of anilines is 1. The van der Waals surface area contributed by atoms with E-state index in [-0.39, 0.29) is 5.95 Å². The summed E-state index contributed by atoms with van der Waals surface area (Å²) in [5.74, 6) is 1.94. The summed E-state index contributed by atoms with van der Waals surface area (Å²) in [7, 11) is 0. The molecule has 1 saturated carbocycles. The molecule has 21 heavy (non-hydrogen) atoms. The molecule has 2 N–H and O–H groups in total. The molecule has 0 unspecified atom stereocenters. The van der Waals surface area contributed by atoms with Crippen molar-refractivity contribution < 1.29 is 0 Å². The summed E-state index contributed by atoms with van der Waals surface area (Å²) in [5.41, 5.74) is 6.61. The number of halogens is 2. The molecule has 110 valence electrons. The van der Waals surface area contributed by atoms with Crippen LogP contribution in [0.25, 0.3) is 11.4 Å². The number of nitrogens with two attached hydrogens (primary N) is 1. The molecule has 0 spiro atoms. The third-order valence-corrected chi connectivity index (χ3v) is 4.20. The van der Waals surface area contributed by atoms with E-state index in [9.17, 15) is 0 Å². The van der Waals surface area contributed by atoms with E-state index in [4.69, 9.17) is 28.9 Å². The van der Waals surface area contributed by atoms with Crippen LogP contribution in [0.4, 0.5) is 5.95 Å². The van der Waals surface area contributed by atoms with Crippen LogP contribution in [0.5, 0.6) is 0 Å². The van der Waals surface area contributed by atoms with Crippen LogP contribution in [-0.4, -0.2) is 15.0 Å². The second-order valence-corrected chi connectivity index (χ2v) is 6.24. The van der Waals surface area contributed by atoms with Gasteiger partial charge in [0.15, 0.2) is 5.82 Å². The lowest BCUT2D eigenvalue weighted by Gasteiger charge is -2.20. The Bertz CT molecular complexity index is 634. The molecule has 1 aromatic carbocycles. The average Bonchev–Trinajstić information content (AvgIpc) is 2.46. The van der Waals surface area contributed by atoms with Crippen LogP contribution in [0, 0.1) is 0 Å². The average molecular weight is 323 g/mol. The molecule has 3 rings (SSSR count). The van der Waals surface area contributed by atoms with E-state index in [2.05, 4.69) is 15.0 Å². The highest BCUT2D eigenvalue weighted by Gasteiger charge is 2.20. The van der Waals surface area contributed by atoms with Crippen molar-refractivity contribution in [1.29, 1.82) is 0 Å². The summed E-state index contributed by atoms with van der Waals surface area (Å²) in [4.78, 5) is 13.1. The van der Waals surface area contributed by atoms with Crippen LogP contribution in [0.1, 0.15) is 43.8 Å². The summed E-state index contributed by atoms with van der Waals surface area (Å²) in [6, 6.07) is 5.25. The molecular formula is C15H16Cl2N4. The van der Waals surface area contributed by atoms with Crippen LogP contribution in [-0.2, 0) is 0 Å². The number of hydrogen-bond donors (Lipinski definition) is 1. The lowest BCUT2D eigenvalue weighted by Crippen LogP contribution is -2.12. The van der Waals surface area contributed by atoms with Gasteiger partial charge in [-0.1, -0.05) is 42.5 Å². The maximum absolute atomic E-state index is 6.04. The van der Waals surface area contributed by atoms with Gasteiger partial charge in [-0.05, 0) is 31.0 Å². The first-order valence-corrected chi connectivity index (χ1v) is 7.85. The highest BCUT2D eigenvalue weighted by molar-refractivity contribution is 6.35. The van der Waals surface area contributed by atoms with E-state index in [0.29, 0.717) is 21.8 Å². The Morgan fingerprint density at radius 2 is 1.57 bits per heavy atom. The van der Waals surface area contributed by atoms with Crippen molar-refractivity contribution in [1.82, 2.24) is 15.0 Å². The summed E-state index contributed by atoms with van der Waals surface area (Å²) in [6.07, 6.45) is 5.94. The molecule has 6 heteroatoms. The van der Waals surface area contributed by atoms with E-state index in [1.807, 2.05) is 0 Å². The summed E-state index contributed by atoms with van der Waals surface area (Å²) >= 11 is 12.1. The van der Waals surface area contributed by atoms with Crippen LogP contribution in [0.2, 0.25) is 10.0 Å². The van der Waals surface area contributed by atoms with Gasteiger partial charge >= 0.3 is 0 Å². The van der Waals surface area contributed by atoms with Crippen molar-refractivity contribution in [2.24, 2.45) is 0 Å². The quantitative estimate of drug-likeness (QED) is 0.885. The fraction of sp³-hybridized carbons (Fsp3) is 0.400. The number of aromatic nitrogens is 3. The lowest BCUT2D eigenvalue weighted by molar-refractivity contribution is 0.428. The zero-order chi connectivity index (χ0) is 14.8.